The summed E-state index contributed by atoms with van der Waals surface area (Å²) in [4.78, 5) is 0. The molecule has 0 spiro atoms. The smallest absolute Gasteiger partial charge is 0.187 e. The van der Waals surface area contributed by atoms with E-state index in [0.717, 1.165) is 17.7 Å². The standard InChI is InChI=1S/C15H13F3O/c1-3-11-8(2)4-9(5-12(11)16)10-6-13(17)15(19)14(18)7-10/h4-7,19H,3H2,1-2H3. The van der Waals surface area contributed by atoms with Crippen LogP contribution in [0.4, 0.5) is 13.2 Å². The van der Waals surface area contributed by atoms with Gasteiger partial charge >= 0.3 is 0 Å². The van der Waals surface area contributed by atoms with Crippen LogP contribution in [0.15, 0.2) is 24.3 Å². The van der Waals surface area contributed by atoms with Crippen molar-refractivity contribution in [1.29, 1.82) is 0 Å². The lowest BCUT2D eigenvalue weighted by atomic mass is 9.98. The van der Waals surface area contributed by atoms with Gasteiger partial charge in [-0.05, 0) is 53.8 Å². The van der Waals surface area contributed by atoms with Crippen LogP contribution >= 0.6 is 0 Å². The van der Waals surface area contributed by atoms with E-state index < -0.39 is 23.2 Å². The zero-order chi connectivity index (χ0) is 14.2. The Hall–Kier alpha value is -1.97. The Balaban J connectivity index is 2.60. The highest BCUT2D eigenvalue weighted by molar-refractivity contribution is 5.66. The molecule has 0 aliphatic heterocycles. The number of rotatable bonds is 2. The zero-order valence-corrected chi connectivity index (χ0v) is 10.6. The Morgan fingerprint density at radius 3 is 1.84 bits per heavy atom. The topological polar surface area (TPSA) is 20.2 Å². The van der Waals surface area contributed by atoms with Gasteiger partial charge in [-0.2, -0.15) is 0 Å². The van der Waals surface area contributed by atoms with Crippen molar-refractivity contribution in [2.75, 3.05) is 0 Å². The average Bonchev–Trinajstić information content (AvgIpc) is 2.35. The van der Waals surface area contributed by atoms with Gasteiger partial charge in [-0.25, -0.2) is 13.2 Å². The fraction of sp³-hybridized carbons (Fsp3) is 0.200. The largest absolute Gasteiger partial charge is 0.503 e. The molecule has 0 saturated heterocycles. The van der Waals surface area contributed by atoms with E-state index in [1.54, 1.807) is 13.0 Å². The molecule has 2 aromatic carbocycles. The first-order chi connectivity index (χ1) is 8.93. The van der Waals surface area contributed by atoms with Gasteiger partial charge in [0.25, 0.3) is 0 Å². The van der Waals surface area contributed by atoms with E-state index in [1.165, 1.54) is 6.07 Å². The molecule has 1 nitrogen and oxygen atoms in total. The van der Waals surface area contributed by atoms with E-state index in [1.807, 2.05) is 6.92 Å². The number of halogens is 3. The van der Waals surface area contributed by atoms with Crippen LogP contribution in [0, 0.1) is 24.4 Å². The summed E-state index contributed by atoms with van der Waals surface area (Å²) in [5.41, 5.74) is 1.89. The monoisotopic (exact) mass is 266 g/mol. The SMILES string of the molecule is CCc1c(C)cc(-c2cc(F)c(O)c(F)c2)cc1F. The molecule has 0 heterocycles. The number of phenols is 1. The third-order valence-electron chi connectivity index (χ3n) is 3.12. The van der Waals surface area contributed by atoms with E-state index in [2.05, 4.69) is 0 Å². The molecule has 0 amide bonds. The summed E-state index contributed by atoms with van der Waals surface area (Å²) in [5, 5.41) is 9.04. The van der Waals surface area contributed by atoms with Crippen molar-refractivity contribution in [1.82, 2.24) is 0 Å². The maximum atomic E-state index is 13.8. The summed E-state index contributed by atoms with van der Waals surface area (Å²) in [6.45, 7) is 3.59. The van der Waals surface area contributed by atoms with Crippen LogP contribution in [-0.2, 0) is 6.42 Å². The fourth-order valence-electron chi connectivity index (χ4n) is 2.12. The van der Waals surface area contributed by atoms with Crippen LogP contribution in [0.5, 0.6) is 5.75 Å². The normalized spacial score (nSPS) is 10.8. The lowest BCUT2D eigenvalue weighted by Crippen LogP contribution is -1.95. The Kier molecular flexibility index (Phi) is 3.51. The first-order valence-electron chi connectivity index (χ1n) is 5.91. The highest BCUT2D eigenvalue weighted by Gasteiger charge is 2.13. The van der Waals surface area contributed by atoms with Crippen LogP contribution in [0.25, 0.3) is 11.1 Å². The van der Waals surface area contributed by atoms with Gasteiger partial charge in [0.1, 0.15) is 5.82 Å². The second-order valence-electron chi connectivity index (χ2n) is 4.40. The van der Waals surface area contributed by atoms with Crippen LogP contribution in [0.2, 0.25) is 0 Å². The van der Waals surface area contributed by atoms with Crippen molar-refractivity contribution in [3.05, 3.63) is 52.8 Å². The molecule has 0 unspecified atom stereocenters. The van der Waals surface area contributed by atoms with Gasteiger partial charge in [0, 0.05) is 0 Å². The average molecular weight is 266 g/mol. The van der Waals surface area contributed by atoms with Gasteiger partial charge in [-0.15, -0.1) is 0 Å². The summed E-state index contributed by atoms with van der Waals surface area (Å²) in [7, 11) is 0. The van der Waals surface area contributed by atoms with E-state index in [-0.39, 0.29) is 5.56 Å². The minimum atomic E-state index is -1.06. The van der Waals surface area contributed by atoms with Gasteiger partial charge < -0.3 is 5.11 Å². The molecule has 0 fully saturated rings. The molecule has 2 aromatic rings. The molecule has 19 heavy (non-hydrogen) atoms. The molecule has 0 bridgehead atoms. The number of hydrogen-bond donors (Lipinski definition) is 1. The second-order valence-corrected chi connectivity index (χ2v) is 4.40. The molecule has 0 saturated carbocycles. The zero-order valence-electron chi connectivity index (χ0n) is 10.6. The Morgan fingerprint density at radius 2 is 1.37 bits per heavy atom. The van der Waals surface area contributed by atoms with Crippen LogP contribution < -0.4 is 0 Å². The van der Waals surface area contributed by atoms with Crippen LogP contribution in [-0.4, -0.2) is 5.11 Å². The predicted molar refractivity (Wildman–Crippen MR) is 67.5 cm³/mol. The van der Waals surface area contributed by atoms with Gasteiger partial charge in [0.2, 0.25) is 0 Å². The van der Waals surface area contributed by atoms with Crippen LogP contribution in [0.3, 0.4) is 0 Å². The number of aromatic hydroxyl groups is 1. The van der Waals surface area contributed by atoms with E-state index in [0.29, 0.717) is 17.5 Å². The molecule has 0 aromatic heterocycles. The van der Waals surface area contributed by atoms with Crippen molar-refractivity contribution in [2.45, 2.75) is 20.3 Å². The summed E-state index contributed by atoms with van der Waals surface area (Å²) >= 11 is 0. The molecule has 100 valence electrons. The third kappa shape index (κ3) is 2.43. The maximum Gasteiger partial charge on any atom is 0.187 e. The van der Waals surface area contributed by atoms with Gasteiger partial charge in [-0.1, -0.05) is 13.0 Å². The Labute approximate surface area is 109 Å². The minimum absolute atomic E-state index is 0.192. The van der Waals surface area contributed by atoms with Crippen molar-refractivity contribution in [3.8, 4) is 16.9 Å². The summed E-state index contributed by atoms with van der Waals surface area (Å²) < 4.78 is 40.4. The van der Waals surface area contributed by atoms with Crippen molar-refractivity contribution >= 4 is 0 Å². The fourth-order valence-corrected chi connectivity index (χ4v) is 2.12. The highest BCUT2D eigenvalue weighted by atomic mass is 19.1. The summed E-state index contributed by atoms with van der Waals surface area (Å²) in [6.07, 6.45) is 0.552. The van der Waals surface area contributed by atoms with Crippen molar-refractivity contribution < 1.29 is 18.3 Å². The third-order valence-corrected chi connectivity index (χ3v) is 3.12. The lowest BCUT2D eigenvalue weighted by Gasteiger charge is -2.10. The van der Waals surface area contributed by atoms with Gasteiger partial charge in [0.05, 0.1) is 0 Å². The molecule has 0 aliphatic rings. The number of aryl methyl sites for hydroxylation is 1. The number of hydrogen-bond acceptors (Lipinski definition) is 1. The molecule has 4 heteroatoms. The summed E-state index contributed by atoms with van der Waals surface area (Å²) in [5.74, 6) is -3.54. The maximum absolute atomic E-state index is 13.8. The molecular weight excluding hydrogens is 253 g/mol. The van der Waals surface area contributed by atoms with E-state index >= 15 is 0 Å². The molecule has 2 rings (SSSR count). The van der Waals surface area contributed by atoms with E-state index in [4.69, 9.17) is 5.11 Å². The number of benzene rings is 2. The lowest BCUT2D eigenvalue weighted by molar-refractivity contribution is 0.396. The second kappa shape index (κ2) is 4.96. The first kappa shape index (κ1) is 13.5. The van der Waals surface area contributed by atoms with Gasteiger partial charge in [0.15, 0.2) is 17.4 Å². The van der Waals surface area contributed by atoms with Crippen molar-refractivity contribution in [2.24, 2.45) is 0 Å². The molecule has 0 atom stereocenters. The first-order valence-corrected chi connectivity index (χ1v) is 5.91. The predicted octanol–water partition coefficient (Wildman–Crippen LogP) is 4.35. The highest BCUT2D eigenvalue weighted by Crippen LogP contribution is 2.30. The van der Waals surface area contributed by atoms with Crippen molar-refractivity contribution in [3.63, 3.8) is 0 Å². The Morgan fingerprint density at radius 1 is 0.895 bits per heavy atom. The molecular formula is C15H13F3O. The Bertz CT molecular complexity index is 589. The van der Waals surface area contributed by atoms with E-state index in [9.17, 15) is 13.2 Å². The molecule has 1 N–H and O–H groups in total. The van der Waals surface area contributed by atoms with Gasteiger partial charge in [-0.3, -0.25) is 0 Å². The molecule has 0 aliphatic carbocycles. The minimum Gasteiger partial charge on any atom is -0.503 e. The quantitative estimate of drug-likeness (QED) is 0.856. The number of phenolic OH excluding ortho intramolecular Hbond substituents is 1. The van der Waals surface area contributed by atoms with Crippen LogP contribution in [0.1, 0.15) is 18.1 Å². The summed E-state index contributed by atoms with van der Waals surface area (Å²) in [6, 6.07) is 4.89. The molecule has 0 radical (unpaired) electrons.